The molecule has 92 valence electrons. The minimum atomic E-state index is -2.56. The molecule has 2 amide bonds. The van der Waals surface area contributed by atoms with Crippen molar-refractivity contribution in [2.24, 2.45) is 0 Å². The van der Waals surface area contributed by atoms with Crippen molar-refractivity contribution in [1.82, 2.24) is 15.5 Å². The fraction of sp³-hybridized carbons (Fsp3) is 0.778. The lowest BCUT2D eigenvalue weighted by Gasteiger charge is -2.32. The van der Waals surface area contributed by atoms with Crippen molar-refractivity contribution in [3.63, 3.8) is 0 Å². The van der Waals surface area contributed by atoms with Gasteiger partial charge in [-0.2, -0.15) is 0 Å². The number of amides is 2. The second-order valence-corrected chi connectivity index (χ2v) is 3.61. The van der Waals surface area contributed by atoms with Crippen LogP contribution in [-0.4, -0.2) is 55.4 Å². The van der Waals surface area contributed by atoms with Crippen LogP contribution < -0.4 is 10.6 Å². The number of carbonyl (C=O) groups excluding carboxylic acids is 2. The van der Waals surface area contributed by atoms with Crippen LogP contribution in [0.15, 0.2) is 0 Å². The van der Waals surface area contributed by atoms with Gasteiger partial charge in [-0.25, -0.2) is 8.78 Å². The van der Waals surface area contributed by atoms with Crippen molar-refractivity contribution >= 4 is 11.8 Å². The maximum atomic E-state index is 11.9. The molecule has 0 spiro atoms. The molecule has 1 aliphatic heterocycles. The third kappa shape index (κ3) is 3.73. The fourth-order valence-electron chi connectivity index (χ4n) is 1.51. The number of piperazine rings is 1. The van der Waals surface area contributed by atoms with E-state index in [1.54, 1.807) is 0 Å². The van der Waals surface area contributed by atoms with Crippen LogP contribution in [0, 0.1) is 0 Å². The molecule has 1 heterocycles. The highest BCUT2D eigenvalue weighted by Gasteiger charge is 2.26. The molecule has 1 aliphatic rings. The van der Waals surface area contributed by atoms with Gasteiger partial charge in [0.2, 0.25) is 11.8 Å². The van der Waals surface area contributed by atoms with E-state index in [-0.39, 0.29) is 12.5 Å². The Morgan fingerprint density at radius 2 is 2.25 bits per heavy atom. The first kappa shape index (κ1) is 12.8. The summed E-state index contributed by atoms with van der Waals surface area (Å²) in [4.78, 5) is 24.0. The topological polar surface area (TPSA) is 61.4 Å². The van der Waals surface area contributed by atoms with Gasteiger partial charge in [0.15, 0.2) is 0 Å². The number of alkyl halides is 2. The molecule has 0 saturated carbocycles. The Kier molecular flexibility index (Phi) is 4.60. The van der Waals surface area contributed by atoms with Crippen LogP contribution in [0.3, 0.4) is 0 Å². The molecule has 0 aromatic rings. The van der Waals surface area contributed by atoms with Crippen molar-refractivity contribution in [2.45, 2.75) is 19.4 Å². The summed E-state index contributed by atoms with van der Waals surface area (Å²) in [6.07, 6.45) is -2.56. The predicted molar refractivity (Wildman–Crippen MR) is 53.1 cm³/mol. The van der Waals surface area contributed by atoms with Crippen molar-refractivity contribution in [3.05, 3.63) is 0 Å². The maximum absolute atomic E-state index is 11.9. The molecule has 1 saturated heterocycles. The Hall–Kier alpha value is -1.24. The zero-order valence-corrected chi connectivity index (χ0v) is 9.00. The number of halogens is 2. The van der Waals surface area contributed by atoms with Crippen LogP contribution in [0.1, 0.15) is 6.92 Å². The Bertz CT molecular complexity index is 273. The van der Waals surface area contributed by atoms with E-state index in [1.807, 2.05) is 0 Å². The van der Waals surface area contributed by atoms with Gasteiger partial charge >= 0.3 is 0 Å². The number of nitrogens with one attached hydrogen (secondary N) is 2. The molecule has 16 heavy (non-hydrogen) atoms. The predicted octanol–water partition coefficient (Wildman–Crippen LogP) is -0.812. The van der Waals surface area contributed by atoms with Gasteiger partial charge in [-0.05, 0) is 0 Å². The Morgan fingerprint density at radius 3 is 2.81 bits per heavy atom. The van der Waals surface area contributed by atoms with E-state index in [0.29, 0.717) is 13.1 Å². The molecule has 1 rings (SSSR count). The fourth-order valence-corrected chi connectivity index (χ4v) is 1.51. The summed E-state index contributed by atoms with van der Waals surface area (Å²) in [6, 6.07) is -0.601. The summed E-state index contributed by atoms with van der Waals surface area (Å²) in [7, 11) is 0. The number of rotatable bonds is 3. The lowest BCUT2D eigenvalue weighted by atomic mass is 10.2. The van der Waals surface area contributed by atoms with Gasteiger partial charge < -0.3 is 15.5 Å². The quantitative estimate of drug-likeness (QED) is 0.672. The van der Waals surface area contributed by atoms with E-state index < -0.39 is 24.9 Å². The van der Waals surface area contributed by atoms with Crippen LogP contribution in [0.4, 0.5) is 8.78 Å². The third-order valence-electron chi connectivity index (χ3n) is 2.37. The monoisotopic (exact) mass is 235 g/mol. The smallest absolute Gasteiger partial charge is 0.255 e. The summed E-state index contributed by atoms with van der Waals surface area (Å²) in [5.41, 5.74) is 0. The highest BCUT2D eigenvalue weighted by atomic mass is 19.3. The lowest BCUT2D eigenvalue weighted by Crippen LogP contribution is -2.58. The van der Waals surface area contributed by atoms with Crippen molar-refractivity contribution < 1.29 is 18.4 Å². The third-order valence-corrected chi connectivity index (χ3v) is 2.37. The minimum Gasteiger partial charge on any atom is -0.349 e. The SMILES string of the molecule is CC(=O)N1CCNC(C(=O)NCC(F)F)C1. The standard InChI is InChI=1S/C9H15F2N3O2/c1-6(15)14-3-2-12-7(5-14)9(16)13-4-8(10)11/h7-8,12H,2-5H2,1H3,(H,13,16). The summed E-state index contributed by atoms with van der Waals surface area (Å²) in [5, 5.41) is 5.00. The molecule has 5 nitrogen and oxygen atoms in total. The first-order chi connectivity index (χ1) is 7.50. The molecule has 1 atom stereocenters. The van der Waals surface area contributed by atoms with E-state index in [2.05, 4.69) is 10.6 Å². The number of hydrogen-bond donors (Lipinski definition) is 2. The summed E-state index contributed by atoms with van der Waals surface area (Å²) in [5.74, 6) is -0.612. The molecule has 0 bridgehead atoms. The Labute approximate surface area is 92.2 Å². The second kappa shape index (κ2) is 5.74. The Balaban J connectivity index is 2.41. The normalized spacial score (nSPS) is 21.0. The van der Waals surface area contributed by atoms with Crippen LogP contribution in [0.5, 0.6) is 0 Å². The van der Waals surface area contributed by atoms with Crippen molar-refractivity contribution in [1.29, 1.82) is 0 Å². The zero-order chi connectivity index (χ0) is 12.1. The second-order valence-electron chi connectivity index (χ2n) is 3.61. The molecule has 2 N–H and O–H groups in total. The van der Waals surface area contributed by atoms with Crippen LogP contribution >= 0.6 is 0 Å². The van der Waals surface area contributed by atoms with E-state index in [0.717, 1.165) is 0 Å². The number of hydrogen-bond acceptors (Lipinski definition) is 3. The maximum Gasteiger partial charge on any atom is 0.255 e. The Morgan fingerprint density at radius 1 is 1.56 bits per heavy atom. The summed E-state index contributed by atoms with van der Waals surface area (Å²) in [6.45, 7) is 2.02. The molecule has 1 fully saturated rings. The molecular formula is C9H15F2N3O2. The van der Waals surface area contributed by atoms with E-state index in [9.17, 15) is 18.4 Å². The average molecular weight is 235 g/mol. The molecule has 1 unspecified atom stereocenters. The van der Waals surface area contributed by atoms with Crippen molar-refractivity contribution in [3.8, 4) is 0 Å². The van der Waals surface area contributed by atoms with Crippen LogP contribution in [0.2, 0.25) is 0 Å². The van der Waals surface area contributed by atoms with Gasteiger partial charge in [0, 0.05) is 26.6 Å². The number of carbonyl (C=O) groups is 2. The van der Waals surface area contributed by atoms with Crippen LogP contribution in [-0.2, 0) is 9.59 Å². The minimum absolute atomic E-state index is 0.117. The van der Waals surface area contributed by atoms with Gasteiger partial charge in [0.1, 0.15) is 6.04 Å². The van der Waals surface area contributed by atoms with Gasteiger partial charge in [0.25, 0.3) is 6.43 Å². The first-order valence-electron chi connectivity index (χ1n) is 5.05. The van der Waals surface area contributed by atoms with E-state index in [4.69, 9.17) is 0 Å². The lowest BCUT2D eigenvalue weighted by molar-refractivity contribution is -0.132. The molecule has 0 aliphatic carbocycles. The number of nitrogens with zero attached hydrogens (tertiary/aromatic N) is 1. The average Bonchev–Trinajstić information content (AvgIpc) is 2.26. The largest absolute Gasteiger partial charge is 0.349 e. The summed E-state index contributed by atoms with van der Waals surface area (Å²) < 4.78 is 23.7. The molecule has 0 radical (unpaired) electrons. The van der Waals surface area contributed by atoms with E-state index >= 15 is 0 Å². The molecule has 7 heteroatoms. The van der Waals surface area contributed by atoms with E-state index in [1.165, 1.54) is 11.8 Å². The zero-order valence-electron chi connectivity index (χ0n) is 9.00. The van der Waals surface area contributed by atoms with Gasteiger partial charge in [0.05, 0.1) is 6.54 Å². The molecule has 0 aromatic heterocycles. The summed E-state index contributed by atoms with van der Waals surface area (Å²) >= 11 is 0. The molecular weight excluding hydrogens is 220 g/mol. The van der Waals surface area contributed by atoms with Crippen molar-refractivity contribution in [2.75, 3.05) is 26.2 Å². The van der Waals surface area contributed by atoms with Gasteiger partial charge in [-0.1, -0.05) is 0 Å². The molecule has 0 aromatic carbocycles. The highest BCUT2D eigenvalue weighted by molar-refractivity contribution is 5.83. The van der Waals surface area contributed by atoms with Gasteiger partial charge in [-0.3, -0.25) is 9.59 Å². The van der Waals surface area contributed by atoms with Crippen LogP contribution in [0.25, 0.3) is 0 Å². The van der Waals surface area contributed by atoms with Gasteiger partial charge in [-0.15, -0.1) is 0 Å². The highest BCUT2D eigenvalue weighted by Crippen LogP contribution is 2.00. The first-order valence-corrected chi connectivity index (χ1v) is 5.05.